The summed E-state index contributed by atoms with van der Waals surface area (Å²) in [6, 6.07) is 22.9. The molecule has 0 saturated carbocycles. The van der Waals surface area contributed by atoms with Gasteiger partial charge in [0.15, 0.2) is 11.5 Å². The highest BCUT2D eigenvalue weighted by molar-refractivity contribution is 5.95. The van der Waals surface area contributed by atoms with E-state index in [9.17, 15) is 4.79 Å². The molecule has 0 aromatic heterocycles. The van der Waals surface area contributed by atoms with E-state index >= 15 is 0 Å². The quantitative estimate of drug-likeness (QED) is 0.448. The highest BCUT2D eigenvalue weighted by Crippen LogP contribution is 2.28. The number of nitrogens with one attached hydrogen (secondary N) is 1. The molecule has 1 amide bonds. The van der Waals surface area contributed by atoms with E-state index in [4.69, 9.17) is 9.47 Å². The molecule has 0 aliphatic heterocycles. The Kier molecular flexibility index (Phi) is 7.00. The predicted molar refractivity (Wildman–Crippen MR) is 115 cm³/mol. The SMILES string of the molecule is CCOc1cc(/C=N/NC(=O)c2cccc(C)c2)ccc1OCc1ccccc1. The number of amides is 1. The Morgan fingerprint density at radius 2 is 1.79 bits per heavy atom. The first-order valence-electron chi connectivity index (χ1n) is 9.49. The molecule has 3 aromatic carbocycles. The van der Waals surface area contributed by atoms with Crippen molar-refractivity contribution in [2.75, 3.05) is 6.61 Å². The average Bonchev–Trinajstić information content (AvgIpc) is 2.74. The summed E-state index contributed by atoms with van der Waals surface area (Å²) in [5.41, 5.74) is 6.02. The molecule has 0 unspecified atom stereocenters. The molecule has 0 fully saturated rings. The second kappa shape index (κ2) is 10.1. The number of benzene rings is 3. The van der Waals surface area contributed by atoms with Gasteiger partial charge in [0.1, 0.15) is 6.61 Å². The van der Waals surface area contributed by atoms with Crippen molar-refractivity contribution >= 4 is 12.1 Å². The molecule has 5 heteroatoms. The standard InChI is InChI=1S/C24H24N2O3/c1-3-28-23-15-20(12-13-22(23)29-17-19-9-5-4-6-10-19)16-25-26-24(27)21-11-7-8-18(2)14-21/h4-16H,3,17H2,1-2H3,(H,26,27)/b25-16+. The monoisotopic (exact) mass is 388 g/mol. The van der Waals surface area contributed by atoms with Crippen molar-refractivity contribution in [2.45, 2.75) is 20.5 Å². The second-order valence-corrected chi connectivity index (χ2v) is 6.48. The van der Waals surface area contributed by atoms with Crippen molar-refractivity contribution < 1.29 is 14.3 Å². The van der Waals surface area contributed by atoms with Gasteiger partial charge in [0.05, 0.1) is 12.8 Å². The third-order valence-electron chi connectivity index (χ3n) is 4.16. The number of hydrogen-bond acceptors (Lipinski definition) is 4. The van der Waals surface area contributed by atoms with Crippen LogP contribution < -0.4 is 14.9 Å². The van der Waals surface area contributed by atoms with Gasteiger partial charge in [-0.3, -0.25) is 4.79 Å². The van der Waals surface area contributed by atoms with Gasteiger partial charge >= 0.3 is 0 Å². The third-order valence-corrected chi connectivity index (χ3v) is 4.16. The van der Waals surface area contributed by atoms with Crippen LogP contribution in [-0.2, 0) is 6.61 Å². The fourth-order valence-corrected chi connectivity index (χ4v) is 2.74. The van der Waals surface area contributed by atoms with Gasteiger partial charge in [0, 0.05) is 5.56 Å². The zero-order valence-electron chi connectivity index (χ0n) is 16.6. The number of carbonyl (C=O) groups is 1. The first kappa shape index (κ1) is 20.1. The zero-order chi connectivity index (χ0) is 20.5. The first-order valence-corrected chi connectivity index (χ1v) is 9.49. The van der Waals surface area contributed by atoms with E-state index < -0.39 is 0 Å². The van der Waals surface area contributed by atoms with Gasteiger partial charge in [0.2, 0.25) is 0 Å². The Morgan fingerprint density at radius 1 is 0.966 bits per heavy atom. The van der Waals surface area contributed by atoms with Crippen molar-refractivity contribution in [2.24, 2.45) is 5.10 Å². The van der Waals surface area contributed by atoms with Gasteiger partial charge in [0.25, 0.3) is 5.91 Å². The summed E-state index contributed by atoms with van der Waals surface area (Å²) in [7, 11) is 0. The Balaban J connectivity index is 1.65. The molecule has 29 heavy (non-hydrogen) atoms. The third kappa shape index (κ3) is 5.94. The van der Waals surface area contributed by atoms with Crippen LogP contribution in [0.1, 0.15) is 34.0 Å². The Bertz CT molecular complexity index is 984. The van der Waals surface area contributed by atoms with E-state index in [0.29, 0.717) is 30.3 Å². The van der Waals surface area contributed by atoms with E-state index in [1.165, 1.54) is 0 Å². The lowest BCUT2D eigenvalue weighted by Gasteiger charge is -2.12. The minimum Gasteiger partial charge on any atom is -0.490 e. The largest absolute Gasteiger partial charge is 0.490 e. The molecule has 5 nitrogen and oxygen atoms in total. The van der Waals surface area contributed by atoms with Gasteiger partial charge in [-0.25, -0.2) is 5.43 Å². The van der Waals surface area contributed by atoms with Crippen LogP contribution in [0.2, 0.25) is 0 Å². The summed E-state index contributed by atoms with van der Waals surface area (Å²) in [4.78, 5) is 12.2. The van der Waals surface area contributed by atoms with Gasteiger partial charge in [-0.1, -0.05) is 48.0 Å². The number of aryl methyl sites for hydroxylation is 1. The normalized spacial score (nSPS) is 10.7. The average molecular weight is 388 g/mol. The van der Waals surface area contributed by atoms with Gasteiger partial charge in [-0.15, -0.1) is 0 Å². The zero-order valence-corrected chi connectivity index (χ0v) is 16.6. The number of carbonyl (C=O) groups excluding carboxylic acids is 1. The van der Waals surface area contributed by atoms with Crippen molar-refractivity contribution in [1.82, 2.24) is 5.43 Å². The number of hydrogen-bond donors (Lipinski definition) is 1. The van der Waals surface area contributed by atoms with Crippen LogP contribution in [0.3, 0.4) is 0 Å². The molecule has 0 bridgehead atoms. The van der Waals surface area contributed by atoms with E-state index in [1.807, 2.05) is 80.6 Å². The molecule has 3 rings (SSSR count). The number of nitrogens with zero attached hydrogens (tertiary/aromatic N) is 1. The van der Waals surface area contributed by atoms with Crippen LogP contribution in [0.15, 0.2) is 77.9 Å². The minimum absolute atomic E-state index is 0.252. The Hall–Kier alpha value is -3.60. The molecule has 0 saturated heterocycles. The summed E-state index contributed by atoms with van der Waals surface area (Å²) in [5.74, 6) is 1.05. The molecule has 148 valence electrons. The van der Waals surface area contributed by atoms with E-state index in [2.05, 4.69) is 10.5 Å². The van der Waals surface area contributed by atoms with Gasteiger partial charge in [-0.2, -0.15) is 5.10 Å². The summed E-state index contributed by atoms with van der Waals surface area (Å²) >= 11 is 0. The minimum atomic E-state index is -0.252. The van der Waals surface area contributed by atoms with Crippen molar-refractivity contribution in [3.8, 4) is 11.5 Å². The highest BCUT2D eigenvalue weighted by Gasteiger charge is 2.07. The van der Waals surface area contributed by atoms with Crippen LogP contribution in [0.4, 0.5) is 0 Å². The molecule has 0 atom stereocenters. The van der Waals surface area contributed by atoms with Gasteiger partial charge in [-0.05, 0) is 55.3 Å². The summed E-state index contributed by atoms with van der Waals surface area (Å²) in [5, 5.41) is 4.05. The van der Waals surface area contributed by atoms with Crippen LogP contribution >= 0.6 is 0 Å². The lowest BCUT2D eigenvalue weighted by molar-refractivity contribution is 0.0955. The first-order chi connectivity index (χ1) is 14.2. The highest BCUT2D eigenvalue weighted by atomic mass is 16.5. The van der Waals surface area contributed by atoms with Crippen LogP contribution in [0.5, 0.6) is 11.5 Å². The Labute approximate surface area is 171 Å². The number of ether oxygens (including phenoxy) is 2. The predicted octanol–water partition coefficient (Wildman–Crippen LogP) is 4.74. The molecular formula is C24H24N2O3. The fraction of sp³-hybridized carbons (Fsp3) is 0.167. The lowest BCUT2D eigenvalue weighted by Crippen LogP contribution is -2.17. The van der Waals surface area contributed by atoms with Crippen LogP contribution in [0.25, 0.3) is 0 Å². The second-order valence-electron chi connectivity index (χ2n) is 6.48. The van der Waals surface area contributed by atoms with Crippen LogP contribution in [0, 0.1) is 6.92 Å². The molecule has 1 N–H and O–H groups in total. The molecule has 0 spiro atoms. The molecule has 0 aliphatic carbocycles. The maximum Gasteiger partial charge on any atom is 0.271 e. The molecule has 0 heterocycles. The maximum atomic E-state index is 12.2. The molecule has 3 aromatic rings. The van der Waals surface area contributed by atoms with E-state index in [0.717, 1.165) is 16.7 Å². The van der Waals surface area contributed by atoms with E-state index in [1.54, 1.807) is 12.3 Å². The summed E-state index contributed by atoms with van der Waals surface area (Å²) < 4.78 is 11.6. The maximum absolute atomic E-state index is 12.2. The summed E-state index contributed by atoms with van der Waals surface area (Å²) in [6.07, 6.45) is 1.58. The van der Waals surface area contributed by atoms with Gasteiger partial charge < -0.3 is 9.47 Å². The smallest absolute Gasteiger partial charge is 0.271 e. The van der Waals surface area contributed by atoms with E-state index in [-0.39, 0.29) is 5.91 Å². The van der Waals surface area contributed by atoms with Crippen molar-refractivity contribution in [1.29, 1.82) is 0 Å². The Morgan fingerprint density at radius 3 is 2.55 bits per heavy atom. The number of rotatable bonds is 8. The topological polar surface area (TPSA) is 59.9 Å². The molecule has 0 aliphatic rings. The van der Waals surface area contributed by atoms with Crippen molar-refractivity contribution in [3.05, 3.63) is 95.1 Å². The van der Waals surface area contributed by atoms with Crippen molar-refractivity contribution in [3.63, 3.8) is 0 Å². The number of hydrazone groups is 1. The lowest BCUT2D eigenvalue weighted by atomic mass is 10.1. The molecule has 0 radical (unpaired) electrons. The fourth-order valence-electron chi connectivity index (χ4n) is 2.74. The molecular weight excluding hydrogens is 364 g/mol. The van der Waals surface area contributed by atoms with Crippen LogP contribution in [-0.4, -0.2) is 18.7 Å². The summed E-state index contributed by atoms with van der Waals surface area (Å²) in [6.45, 7) is 4.84.